The van der Waals surface area contributed by atoms with Crippen molar-refractivity contribution < 1.29 is 5.11 Å². The van der Waals surface area contributed by atoms with Crippen molar-refractivity contribution in [3.63, 3.8) is 0 Å². The van der Waals surface area contributed by atoms with Gasteiger partial charge in [-0.05, 0) is 30.7 Å². The fourth-order valence-electron chi connectivity index (χ4n) is 1.29. The lowest BCUT2D eigenvalue weighted by Gasteiger charge is -2.13. The lowest BCUT2D eigenvalue weighted by atomic mass is 10.1. The molecule has 5 heteroatoms. The Hall–Kier alpha value is -0.600. The number of hydrogen-bond acceptors (Lipinski definition) is 3. The highest BCUT2D eigenvalue weighted by Gasteiger charge is 2.12. The van der Waals surface area contributed by atoms with E-state index < -0.39 is 6.04 Å². The molecular weight excluding hydrogens is 291 g/mol. The molecule has 16 heavy (non-hydrogen) atoms. The first-order valence-corrected chi connectivity index (χ1v) is 6.05. The number of rotatable bonds is 5. The summed E-state index contributed by atoms with van der Waals surface area (Å²) in [5, 5.41) is 21.4. The minimum Gasteiger partial charge on any atom is -0.396 e. The molecule has 0 saturated carbocycles. The molecule has 0 bridgehead atoms. The van der Waals surface area contributed by atoms with E-state index in [-0.39, 0.29) is 6.61 Å². The number of hydrogen-bond donors (Lipinski definition) is 2. The van der Waals surface area contributed by atoms with Crippen molar-refractivity contribution in [3.05, 3.63) is 33.3 Å². The second-order valence-electron chi connectivity index (χ2n) is 3.26. The third-order valence-electron chi connectivity index (χ3n) is 2.09. The van der Waals surface area contributed by atoms with Gasteiger partial charge in [0.15, 0.2) is 0 Å². The summed E-state index contributed by atoms with van der Waals surface area (Å²) in [6, 6.07) is 7.10. The normalized spacial score (nSPS) is 12.1. The highest BCUT2D eigenvalue weighted by atomic mass is 79.9. The highest BCUT2D eigenvalue weighted by Crippen LogP contribution is 2.26. The third kappa shape index (κ3) is 3.76. The van der Waals surface area contributed by atoms with E-state index in [9.17, 15) is 0 Å². The lowest BCUT2D eigenvalue weighted by molar-refractivity contribution is 0.285. The molecule has 0 heterocycles. The van der Waals surface area contributed by atoms with Crippen LogP contribution in [0.2, 0.25) is 5.02 Å². The van der Waals surface area contributed by atoms with Crippen LogP contribution in [0.4, 0.5) is 0 Å². The van der Waals surface area contributed by atoms with E-state index in [0.29, 0.717) is 18.0 Å². The van der Waals surface area contributed by atoms with Gasteiger partial charge in [0.1, 0.15) is 6.04 Å². The van der Waals surface area contributed by atoms with Crippen LogP contribution in [0.1, 0.15) is 18.0 Å². The largest absolute Gasteiger partial charge is 0.396 e. The number of halogens is 2. The maximum atomic E-state index is 9.04. The number of nitrogens with zero attached hydrogens (tertiary/aromatic N) is 1. The number of nitrogens with one attached hydrogen (secondary N) is 1. The van der Waals surface area contributed by atoms with Gasteiger partial charge in [-0.1, -0.05) is 33.6 Å². The molecule has 1 aromatic rings. The number of aliphatic hydroxyl groups excluding tert-OH is 1. The predicted molar refractivity (Wildman–Crippen MR) is 67.2 cm³/mol. The molecule has 1 unspecified atom stereocenters. The van der Waals surface area contributed by atoms with Gasteiger partial charge in [0, 0.05) is 16.1 Å². The van der Waals surface area contributed by atoms with Gasteiger partial charge in [-0.2, -0.15) is 5.26 Å². The molecule has 0 aromatic heterocycles. The Labute approximate surface area is 108 Å². The second kappa shape index (κ2) is 6.87. The summed E-state index contributed by atoms with van der Waals surface area (Å²) in [4.78, 5) is 0. The van der Waals surface area contributed by atoms with Crippen LogP contribution in [0.15, 0.2) is 22.7 Å². The summed E-state index contributed by atoms with van der Waals surface area (Å²) in [5.74, 6) is 0. The summed E-state index contributed by atoms with van der Waals surface area (Å²) in [7, 11) is 0. The predicted octanol–water partition coefficient (Wildman–Crippen LogP) is 2.64. The van der Waals surface area contributed by atoms with Gasteiger partial charge < -0.3 is 5.11 Å². The Bertz CT molecular complexity index is 392. The molecule has 0 radical (unpaired) electrons. The molecular formula is C11H12BrClN2O. The van der Waals surface area contributed by atoms with Crippen LogP contribution in [-0.4, -0.2) is 18.3 Å². The smallest absolute Gasteiger partial charge is 0.122 e. The van der Waals surface area contributed by atoms with Gasteiger partial charge in [-0.15, -0.1) is 0 Å². The van der Waals surface area contributed by atoms with E-state index in [1.807, 2.05) is 6.07 Å². The Kier molecular flexibility index (Phi) is 5.78. The summed E-state index contributed by atoms with van der Waals surface area (Å²) in [6.45, 7) is 0.719. The Balaban J connectivity index is 2.76. The maximum Gasteiger partial charge on any atom is 0.122 e. The molecule has 2 N–H and O–H groups in total. The molecule has 0 amide bonds. The summed E-state index contributed by atoms with van der Waals surface area (Å²) in [6.07, 6.45) is 0.628. The van der Waals surface area contributed by atoms with E-state index in [1.54, 1.807) is 12.1 Å². The minimum atomic E-state index is -0.391. The van der Waals surface area contributed by atoms with Crippen molar-refractivity contribution in [1.29, 1.82) is 5.26 Å². The van der Waals surface area contributed by atoms with Crippen LogP contribution in [0.5, 0.6) is 0 Å². The number of nitriles is 1. The average Bonchev–Trinajstić information content (AvgIpc) is 2.26. The van der Waals surface area contributed by atoms with Gasteiger partial charge >= 0.3 is 0 Å². The van der Waals surface area contributed by atoms with Crippen LogP contribution >= 0.6 is 27.5 Å². The minimum absolute atomic E-state index is 0.118. The average molecular weight is 304 g/mol. The molecule has 1 aromatic carbocycles. The van der Waals surface area contributed by atoms with Crippen molar-refractivity contribution in [2.24, 2.45) is 0 Å². The van der Waals surface area contributed by atoms with Gasteiger partial charge in [0.2, 0.25) is 0 Å². The van der Waals surface area contributed by atoms with E-state index in [4.69, 9.17) is 22.0 Å². The molecule has 0 aliphatic carbocycles. The molecule has 1 atom stereocenters. The van der Waals surface area contributed by atoms with Crippen LogP contribution in [-0.2, 0) is 0 Å². The third-order valence-corrected chi connectivity index (χ3v) is 3.01. The first kappa shape index (κ1) is 13.5. The fourth-order valence-corrected chi connectivity index (χ4v) is 2.20. The molecule has 0 fully saturated rings. The monoisotopic (exact) mass is 302 g/mol. The quantitative estimate of drug-likeness (QED) is 0.822. The number of aliphatic hydroxyl groups is 1. The van der Waals surface area contributed by atoms with Crippen LogP contribution < -0.4 is 5.32 Å². The zero-order valence-electron chi connectivity index (χ0n) is 8.58. The topological polar surface area (TPSA) is 56.0 Å². The van der Waals surface area contributed by atoms with E-state index >= 15 is 0 Å². The van der Waals surface area contributed by atoms with E-state index in [2.05, 4.69) is 27.3 Å². The van der Waals surface area contributed by atoms with Crippen molar-refractivity contribution in [2.75, 3.05) is 13.2 Å². The van der Waals surface area contributed by atoms with Crippen LogP contribution in [0.3, 0.4) is 0 Å². The number of benzene rings is 1. The first-order chi connectivity index (χ1) is 7.69. The summed E-state index contributed by atoms with van der Waals surface area (Å²) >= 11 is 9.20. The maximum absolute atomic E-state index is 9.04. The van der Waals surface area contributed by atoms with Crippen LogP contribution in [0.25, 0.3) is 0 Å². The summed E-state index contributed by atoms with van der Waals surface area (Å²) in [5.41, 5.74) is 0.852. The van der Waals surface area contributed by atoms with Crippen molar-refractivity contribution >= 4 is 27.5 Å². The summed E-state index contributed by atoms with van der Waals surface area (Å²) < 4.78 is 0.808. The van der Waals surface area contributed by atoms with Gasteiger partial charge in [-0.25, -0.2) is 0 Å². The lowest BCUT2D eigenvalue weighted by Crippen LogP contribution is -2.22. The highest BCUT2D eigenvalue weighted by molar-refractivity contribution is 9.10. The zero-order valence-corrected chi connectivity index (χ0v) is 10.9. The molecule has 0 spiro atoms. The Morgan fingerprint density at radius 3 is 2.88 bits per heavy atom. The molecule has 0 aliphatic rings. The van der Waals surface area contributed by atoms with Crippen molar-refractivity contribution in [2.45, 2.75) is 12.5 Å². The van der Waals surface area contributed by atoms with Gasteiger partial charge in [-0.3, -0.25) is 5.32 Å². The van der Waals surface area contributed by atoms with Crippen molar-refractivity contribution in [3.8, 4) is 6.07 Å². The fraction of sp³-hybridized carbons (Fsp3) is 0.364. The molecule has 3 nitrogen and oxygen atoms in total. The molecule has 0 aliphatic heterocycles. The molecule has 86 valence electrons. The van der Waals surface area contributed by atoms with Crippen LogP contribution in [0, 0.1) is 11.3 Å². The Morgan fingerprint density at radius 2 is 2.31 bits per heavy atom. The standard InChI is InChI=1S/C11H12BrClN2O/c12-10-6-8(13)2-3-9(10)11(7-14)15-4-1-5-16/h2-3,6,11,15-16H,1,4-5H2. The Morgan fingerprint density at radius 1 is 1.56 bits per heavy atom. The molecule has 0 saturated heterocycles. The first-order valence-electron chi connectivity index (χ1n) is 4.88. The SMILES string of the molecule is N#CC(NCCCO)c1ccc(Cl)cc1Br. The van der Waals surface area contributed by atoms with Gasteiger partial charge in [0.05, 0.1) is 6.07 Å². The van der Waals surface area contributed by atoms with E-state index in [1.165, 1.54) is 0 Å². The van der Waals surface area contributed by atoms with Gasteiger partial charge in [0.25, 0.3) is 0 Å². The van der Waals surface area contributed by atoms with Crippen molar-refractivity contribution in [1.82, 2.24) is 5.32 Å². The second-order valence-corrected chi connectivity index (χ2v) is 4.55. The van der Waals surface area contributed by atoms with E-state index in [0.717, 1.165) is 10.0 Å². The molecule has 1 rings (SSSR count). The zero-order chi connectivity index (χ0) is 12.0.